The van der Waals surface area contributed by atoms with Gasteiger partial charge in [-0.1, -0.05) is 0 Å². The van der Waals surface area contributed by atoms with Crippen LogP contribution in [0.4, 0.5) is 0 Å². The Morgan fingerprint density at radius 1 is 1.57 bits per heavy atom. The van der Waals surface area contributed by atoms with Crippen LogP contribution in [0.5, 0.6) is 0 Å². The molecule has 1 heterocycles. The van der Waals surface area contributed by atoms with E-state index in [2.05, 4.69) is 10.1 Å². The number of ether oxygens (including phenoxy) is 1. The molecule has 14 heavy (non-hydrogen) atoms. The van der Waals surface area contributed by atoms with Crippen molar-refractivity contribution < 1.29 is 19.4 Å². The lowest BCUT2D eigenvalue weighted by atomic mass is 10.1. The third-order valence-electron chi connectivity index (χ3n) is 2.04. The lowest BCUT2D eigenvalue weighted by Crippen LogP contribution is -2.32. The van der Waals surface area contributed by atoms with Gasteiger partial charge >= 0.3 is 5.97 Å². The molecule has 1 aliphatic heterocycles. The van der Waals surface area contributed by atoms with Crippen LogP contribution < -0.4 is 5.32 Å². The number of ketones is 1. The molecule has 0 aromatic heterocycles. The van der Waals surface area contributed by atoms with Crippen LogP contribution in [-0.2, 0) is 14.3 Å². The molecule has 1 saturated heterocycles. The number of hydrogen-bond donors (Lipinski definition) is 2. The zero-order valence-corrected chi connectivity index (χ0v) is 8.67. The highest BCUT2D eigenvalue weighted by Gasteiger charge is 2.28. The minimum atomic E-state index is -0.534. The van der Waals surface area contributed by atoms with Crippen LogP contribution in [0.2, 0.25) is 0 Å². The quantitative estimate of drug-likeness (QED) is 0.487. The molecule has 0 aliphatic carbocycles. The topological polar surface area (TPSA) is 75.6 Å². The van der Waals surface area contributed by atoms with E-state index in [1.807, 2.05) is 0 Å². The third-order valence-corrected chi connectivity index (χ3v) is 2.04. The average molecular weight is 224 g/mol. The molecular weight excluding hydrogens is 210 g/mol. The second kappa shape index (κ2) is 5.95. The molecule has 0 unspecified atom stereocenters. The number of carbonyl (C=O) groups is 2. The molecule has 2 N–H and O–H groups in total. The largest absolute Gasteiger partial charge is 0.469 e. The fourth-order valence-corrected chi connectivity index (χ4v) is 1.30. The van der Waals surface area contributed by atoms with Crippen molar-refractivity contribution in [2.75, 3.05) is 13.7 Å². The van der Waals surface area contributed by atoms with Gasteiger partial charge in [-0.25, -0.2) is 0 Å². The van der Waals surface area contributed by atoms with Gasteiger partial charge in [0.25, 0.3) is 0 Å². The zero-order chi connectivity index (χ0) is 9.84. The predicted octanol–water partition coefficient (Wildman–Crippen LogP) is -0.737. The van der Waals surface area contributed by atoms with E-state index >= 15 is 0 Å². The Labute approximate surface area is 88.2 Å². The summed E-state index contributed by atoms with van der Waals surface area (Å²) in [5, 5.41) is 11.9. The van der Waals surface area contributed by atoms with Gasteiger partial charge in [-0.3, -0.25) is 9.59 Å². The summed E-state index contributed by atoms with van der Waals surface area (Å²) < 4.78 is 4.36. The normalized spacial score (nSPS) is 25.3. The number of β-amino-alcohol motifs (C(OH)–C–C–N with tert-alkyl or cyclic N) is 1. The maximum Gasteiger partial charge on any atom is 0.313 e. The Hall–Kier alpha value is -0.650. The molecule has 0 aromatic rings. The molecule has 2 atom stereocenters. The van der Waals surface area contributed by atoms with Gasteiger partial charge in [-0.15, -0.1) is 12.4 Å². The van der Waals surface area contributed by atoms with Gasteiger partial charge < -0.3 is 15.2 Å². The van der Waals surface area contributed by atoms with Crippen LogP contribution in [-0.4, -0.2) is 42.7 Å². The summed E-state index contributed by atoms with van der Waals surface area (Å²) in [5.74, 6) is -0.753. The number of methoxy groups -OCH3 is 1. The SMILES string of the molecule is COC(=O)CC(=O)[C@@H]1C[C@@H](O)CN1.Cl. The molecule has 1 rings (SSSR count). The number of carbonyl (C=O) groups excluding carboxylic acids is 2. The Morgan fingerprint density at radius 2 is 2.21 bits per heavy atom. The summed E-state index contributed by atoms with van der Waals surface area (Å²) in [6.07, 6.45) is -0.317. The van der Waals surface area contributed by atoms with Crippen molar-refractivity contribution >= 4 is 24.2 Å². The van der Waals surface area contributed by atoms with E-state index in [1.165, 1.54) is 7.11 Å². The fraction of sp³-hybridized carbons (Fsp3) is 0.750. The summed E-state index contributed by atoms with van der Waals surface area (Å²) in [6, 6.07) is -0.394. The lowest BCUT2D eigenvalue weighted by Gasteiger charge is -2.06. The van der Waals surface area contributed by atoms with Crippen molar-refractivity contribution in [3.63, 3.8) is 0 Å². The summed E-state index contributed by atoms with van der Waals surface area (Å²) in [7, 11) is 1.24. The first-order valence-corrected chi connectivity index (χ1v) is 4.14. The van der Waals surface area contributed by atoms with Crippen LogP contribution in [0, 0.1) is 0 Å². The molecule has 0 spiro atoms. The van der Waals surface area contributed by atoms with Crippen molar-refractivity contribution in [3.8, 4) is 0 Å². The first-order chi connectivity index (χ1) is 6.13. The van der Waals surface area contributed by atoms with Gasteiger partial charge in [0.2, 0.25) is 0 Å². The van der Waals surface area contributed by atoms with E-state index in [9.17, 15) is 9.59 Å². The molecule has 0 aromatic carbocycles. The summed E-state index contributed by atoms with van der Waals surface area (Å²) in [6.45, 7) is 0.414. The first-order valence-electron chi connectivity index (χ1n) is 4.14. The number of aliphatic hydroxyl groups excluding tert-OH is 1. The van der Waals surface area contributed by atoms with Crippen molar-refractivity contribution in [3.05, 3.63) is 0 Å². The molecule has 6 heteroatoms. The van der Waals surface area contributed by atoms with Crippen molar-refractivity contribution in [2.24, 2.45) is 0 Å². The minimum Gasteiger partial charge on any atom is -0.469 e. The zero-order valence-electron chi connectivity index (χ0n) is 7.86. The first kappa shape index (κ1) is 13.4. The van der Waals surface area contributed by atoms with Crippen molar-refractivity contribution in [1.82, 2.24) is 5.32 Å². The Bertz CT molecular complexity index is 221. The molecular formula is C8H14ClNO4. The highest BCUT2D eigenvalue weighted by atomic mass is 35.5. The van der Waals surface area contributed by atoms with E-state index in [1.54, 1.807) is 0 Å². The number of hydrogen-bond acceptors (Lipinski definition) is 5. The highest BCUT2D eigenvalue weighted by Crippen LogP contribution is 2.08. The van der Waals surface area contributed by atoms with Gasteiger partial charge in [0.15, 0.2) is 5.78 Å². The van der Waals surface area contributed by atoms with Crippen molar-refractivity contribution in [2.45, 2.75) is 25.0 Å². The van der Waals surface area contributed by atoms with E-state index in [-0.39, 0.29) is 24.6 Å². The maximum absolute atomic E-state index is 11.3. The number of esters is 1. The van der Waals surface area contributed by atoms with E-state index in [0.29, 0.717) is 13.0 Å². The van der Waals surface area contributed by atoms with Crippen LogP contribution >= 0.6 is 12.4 Å². The standard InChI is InChI=1S/C8H13NO4.ClH/c1-13-8(12)3-7(11)6-2-5(10)4-9-6;/h5-6,9-10H,2-4H2,1H3;1H/t5-,6+;/m1./s1. The molecule has 0 amide bonds. The van der Waals surface area contributed by atoms with Gasteiger partial charge in [-0.2, -0.15) is 0 Å². The molecule has 5 nitrogen and oxygen atoms in total. The van der Waals surface area contributed by atoms with Gasteiger partial charge in [0.1, 0.15) is 6.42 Å². The predicted molar refractivity (Wildman–Crippen MR) is 51.3 cm³/mol. The maximum atomic E-state index is 11.3. The van der Waals surface area contributed by atoms with Gasteiger partial charge in [0, 0.05) is 6.54 Å². The monoisotopic (exact) mass is 223 g/mol. The Kier molecular flexibility index (Phi) is 5.68. The Morgan fingerprint density at radius 3 is 2.64 bits per heavy atom. The fourth-order valence-electron chi connectivity index (χ4n) is 1.30. The van der Waals surface area contributed by atoms with Crippen LogP contribution in [0.15, 0.2) is 0 Å². The average Bonchev–Trinajstić information content (AvgIpc) is 2.51. The number of halogens is 1. The summed E-state index contributed by atoms with van der Waals surface area (Å²) >= 11 is 0. The third kappa shape index (κ3) is 3.61. The van der Waals surface area contributed by atoms with Gasteiger partial charge in [0.05, 0.1) is 19.3 Å². The lowest BCUT2D eigenvalue weighted by molar-refractivity contribution is -0.143. The van der Waals surface area contributed by atoms with Crippen molar-refractivity contribution in [1.29, 1.82) is 0 Å². The molecule has 82 valence electrons. The molecule has 0 saturated carbocycles. The van der Waals surface area contributed by atoms with E-state index in [4.69, 9.17) is 5.11 Å². The summed E-state index contributed by atoms with van der Waals surface area (Å²) in [5.41, 5.74) is 0. The highest BCUT2D eigenvalue weighted by molar-refractivity contribution is 5.98. The van der Waals surface area contributed by atoms with Crippen LogP contribution in [0.3, 0.4) is 0 Å². The number of rotatable bonds is 3. The van der Waals surface area contributed by atoms with Crippen LogP contribution in [0.25, 0.3) is 0 Å². The second-order valence-corrected chi connectivity index (χ2v) is 3.07. The molecule has 1 aliphatic rings. The smallest absolute Gasteiger partial charge is 0.313 e. The van der Waals surface area contributed by atoms with Crippen LogP contribution in [0.1, 0.15) is 12.8 Å². The van der Waals surface area contributed by atoms with E-state index < -0.39 is 18.1 Å². The number of nitrogens with one attached hydrogen (secondary N) is 1. The Balaban J connectivity index is 0.00000169. The summed E-state index contributed by atoms with van der Waals surface area (Å²) in [4.78, 5) is 22.0. The molecule has 0 radical (unpaired) electrons. The second-order valence-electron chi connectivity index (χ2n) is 3.07. The number of aliphatic hydroxyl groups is 1. The van der Waals surface area contributed by atoms with E-state index in [0.717, 1.165) is 0 Å². The van der Waals surface area contributed by atoms with Gasteiger partial charge in [-0.05, 0) is 6.42 Å². The number of Topliss-reactive ketones (excluding diaryl/α,β-unsaturated/α-hetero) is 1. The molecule has 0 bridgehead atoms. The minimum absolute atomic E-state index is 0. The molecule has 1 fully saturated rings.